The highest BCUT2D eigenvalue weighted by Crippen LogP contribution is 2.19. The highest BCUT2D eigenvalue weighted by atomic mass is 16.2. The van der Waals surface area contributed by atoms with Crippen molar-refractivity contribution in [3.63, 3.8) is 0 Å². The van der Waals surface area contributed by atoms with E-state index in [1.165, 1.54) is 4.90 Å². The molecule has 0 aromatic heterocycles. The van der Waals surface area contributed by atoms with Crippen LogP contribution in [0.5, 0.6) is 0 Å². The number of imide groups is 1. The number of nitrogens with zero attached hydrogens (tertiary/aromatic N) is 2. The van der Waals surface area contributed by atoms with Crippen LogP contribution in [0.1, 0.15) is 33.1 Å². The lowest BCUT2D eigenvalue weighted by Gasteiger charge is -2.32. The van der Waals surface area contributed by atoms with Gasteiger partial charge in [0.2, 0.25) is 17.7 Å². The lowest BCUT2D eigenvalue weighted by molar-refractivity contribution is -0.140. The molecule has 0 bridgehead atoms. The predicted octanol–water partition coefficient (Wildman–Crippen LogP) is -0.938. The number of carbonyl (C=O) groups is 3. The molecular formula is C14H24N4O3. The first-order valence-corrected chi connectivity index (χ1v) is 7.51. The van der Waals surface area contributed by atoms with Gasteiger partial charge in [0, 0.05) is 25.2 Å². The van der Waals surface area contributed by atoms with E-state index < -0.39 is 6.04 Å². The summed E-state index contributed by atoms with van der Waals surface area (Å²) < 4.78 is 0. The highest BCUT2D eigenvalue weighted by Gasteiger charge is 2.40. The summed E-state index contributed by atoms with van der Waals surface area (Å²) in [5, 5.41) is 3.30. The van der Waals surface area contributed by atoms with Crippen molar-refractivity contribution in [2.45, 2.75) is 51.2 Å². The van der Waals surface area contributed by atoms with Gasteiger partial charge in [0.1, 0.15) is 0 Å². The number of primary amides is 1. The molecule has 3 N–H and O–H groups in total. The van der Waals surface area contributed by atoms with Crippen LogP contribution in [-0.4, -0.2) is 65.3 Å². The number of rotatable bonds is 5. The molecule has 3 amide bonds. The zero-order chi connectivity index (χ0) is 15.6. The minimum Gasteiger partial charge on any atom is -0.369 e. The van der Waals surface area contributed by atoms with Crippen LogP contribution in [0.25, 0.3) is 0 Å². The van der Waals surface area contributed by atoms with Crippen molar-refractivity contribution in [1.82, 2.24) is 15.1 Å². The van der Waals surface area contributed by atoms with Crippen molar-refractivity contribution in [1.29, 1.82) is 0 Å². The molecule has 0 spiro atoms. The van der Waals surface area contributed by atoms with Gasteiger partial charge in [-0.25, -0.2) is 0 Å². The monoisotopic (exact) mass is 296 g/mol. The van der Waals surface area contributed by atoms with E-state index in [1.807, 2.05) is 18.7 Å². The normalized spacial score (nSPS) is 25.1. The van der Waals surface area contributed by atoms with Crippen molar-refractivity contribution < 1.29 is 14.4 Å². The van der Waals surface area contributed by atoms with Gasteiger partial charge in [-0.05, 0) is 26.7 Å². The Hall–Kier alpha value is -1.47. The number of carbonyl (C=O) groups excluding carboxylic acids is 3. The van der Waals surface area contributed by atoms with E-state index in [4.69, 9.17) is 5.73 Å². The van der Waals surface area contributed by atoms with Crippen LogP contribution in [0.2, 0.25) is 0 Å². The molecule has 0 saturated carbocycles. The molecule has 7 nitrogen and oxygen atoms in total. The SMILES string of the molecule is CC(C)N1C(=O)CC(NC2CCN(CC(N)=O)CC2)C1=O. The van der Waals surface area contributed by atoms with Crippen molar-refractivity contribution in [2.75, 3.05) is 19.6 Å². The summed E-state index contributed by atoms with van der Waals surface area (Å²) in [4.78, 5) is 38.3. The van der Waals surface area contributed by atoms with Gasteiger partial charge in [0.05, 0.1) is 19.0 Å². The second-order valence-electron chi connectivity index (χ2n) is 6.14. The number of hydrogen-bond acceptors (Lipinski definition) is 5. The fourth-order valence-corrected chi connectivity index (χ4v) is 3.09. The Morgan fingerprint density at radius 1 is 1.33 bits per heavy atom. The molecule has 1 unspecified atom stereocenters. The van der Waals surface area contributed by atoms with Crippen LogP contribution in [0, 0.1) is 0 Å². The Morgan fingerprint density at radius 2 is 1.95 bits per heavy atom. The first-order valence-electron chi connectivity index (χ1n) is 7.51. The zero-order valence-corrected chi connectivity index (χ0v) is 12.7. The molecule has 0 aromatic carbocycles. The van der Waals surface area contributed by atoms with Gasteiger partial charge in [-0.15, -0.1) is 0 Å². The fourth-order valence-electron chi connectivity index (χ4n) is 3.09. The van der Waals surface area contributed by atoms with Crippen LogP contribution in [-0.2, 0) is 14.4 Å². The molecule has 0 radical (unpaired) electrons. The summed E-state index contributed by atoms with van der Waals surface area (Å²) in [7, 11) is 0. The quantitative estimate of drug-likeness (QED) is 0.639. The molecule has 2 fully saturated rings. The maximum atomic E-state index is 12.2. The summed E-state index contributed by atoms with van der Waals surface area (Å²) >= 11 is 0. The molecule has 2 saturated heterocycles. The third-order valence-corrected chi connectivity index (χ3v) is 4.10. The van der Waals surface area contributed by atoms with E-state index in [0.29, 0.717) is 0 Å². The zero-order valence-electron chi connectivity index (χ0n) is 12.7. The number of hydrogen-bond donors (Lipinski definition) is 2. The first kappa shape index (κ1) is 15.9. The predicted molar refractivity (Wildman–Crippen MR) is 77.2 cm³/mol. The summed E-state index contributed by atoms with van der Waals surface area (Å²) in [5.41, 5.74) is 5.18. The molecule has 7 heteroatoms. The maximum absolute atomic E-state index is 12.2. The molecule has 2 aliphatic heterocycles. The van der Waals surface area contributed by atoms with Crippen LogP contribution in [0.4, 0.5) is 0 Å². The number of piperidine rings is 1. The van der Waals surface area contributed by atoms with Crippen LogP contribution in [0.15, 0.2) is 0 Å². The van der Waals surface area contributed by atoms with Crippen molar-refractivity contribution in [3.8, 4) is 0 Å². The Bertz CT molecular complexity index is 430. The highest BCUT2D eigenvalue weighted by molar-refractivity contribution is 6.05. The topological polar surface area (TPSA) is 95.7 Å². The molecule has 2 heterocycles. The lowest BCUT2D eigenvalue weighted by Crippen LogP contribution is -2.50. The van der Waals surface area contributed by atoms with Crippen LogP contribution in [0.3, 0.4) is 0 Å². The molecule has 1 atom stereocenters. The minimum atomic E-state index is -0.396. The first-order chi connectivity index (χ1) is 9.88. The summed E-state index contributed by atoms with van der Waals surface area (Å²) in [6, 6.07) is -0.273. The van der Waals surface area contributed by atoms with Crippen molar-refractivity contribution in [2.24, 2.45) is 5.73 Å². The Labute approximate surface area is 124 Å². The Balaban J connectivity index is 1.83. The molecule has 2 rings (SSSR count). The van der Waals surface area contributed by atoms with Crippen LogP contribution >= 0.6 is 0 Å². The second-order valence-corrected chi connectivity index (χ2v) is 6.14. The van der Waals surface area contributed by atoms with Crippen molar-refractivity contribution in [3.05, 3.63) is 0 Å². The Morgan fingerprint density at radius 3 is 2.43 bits per heavy atom. The average molecular weight is 296 g/mol. The van der Waals surface area contributed by atoms with Gasteiger partial charge in [-0.2, -0.15) is 0 Å². The molecule has 0 aromatic rings. The number of nitrogens with two attached hydrogens (primary N) is 1. The second kappa shape index (κ2) is 6.53. The fraction of sp³-hybridized carbons (Fsp3) is 0.786. The minimum absolute atomic E-state index is 0.0887. The number of likely N-dealkylation sites (tertiary alicyclic amines) is 2. The van der Waals surface area contributed by atoms with Gasteiger partial charge in [-0.1, -0.05) is 0 Å². The third kappa shape index (κ3) is 3.79. The third-order valence-electron chi connectivity index (χ3n) is 4.10. The summed E-state index contributed by atoms with van der Waals surface area (Å²) in [6.45, 7) is 5.54. The number of nitrogens with one attached hydrogen (secondary N) is 1. The van der Waals surface area contributed by atoms with Gasteiger partial charge < -0.3 is 11.1 Å². The van der Waals surface area contributed by atoms with Crippen molar-refractivity contribution >= 4 is 17.7 Å². The molecule has 118 valence electrons. The van der Waals surface area contributed by atoms with Gasteiger partial charge in [0.15, 0.2) is 0 Å². The van der Waals surface area contributed by atoms with Gasteiger partial charge >= 0.3 is 0 Å². The van der Waals surface area contributed by atoms with E-state index in [0.717, 1.165) is 25.9 Å². The standard InChI is InChI=1S/C14H24N4O3/c1-9(2)18-13(20)7-11(14(18)21)16-10-3-5-17(6-4-10)8-12(15)19/h9-11,16H,3-8H2,1-2H3,(H2,15,19). The molecular weight excluding hydrogens is 272 g/mol. The lowest BCUT2D eigenvalue weighted by atomic mass is 10.0. The van der Waals surface area contributed by atoms with E-state index >= 15 is 0 Å². The number of amides is 3. The van der Waals surface area contributed by atoms with E-state index in [9.17, 15) is 14.4 Å². The average Bonchev–Trinajstić information content (AvgIpc) is 2.66. The molecule has 21 heavy (non-hydrogen) atoms. The Kier molecular flexibility index (Phi) is 4.95. The van der Waals surface area contributed by atoms with E-state index in [2.05, 4.69) is 5.32 Å². The summed E-state index contributed by atoms with van der Waals surface area (Å²) in [6.07, 6.45) is 1.96. The van der Waals surface area contributed by atoms with E-state index in [-0.39, 0.29) is 42.8 Å². The summed E-state index contributed by atoms with van der Waals surface area (Å²) in [5.74, 6) is -0.529. The van der Waals surface area contributed by atoms with Gasteiger partial charge in [-0.3, -0.25) is 24.2 Å². The van der Waals surface area contributed by atoms with Gasteiger partial charge in [0.25, 0.3) is 0 Å². The molecule has 0 aliphatic carbocycles. The largest absolute Gasteiger partial charge is 0.369 e. The van der Waals surface area contributed by atoms with E-state index in [1.54, 1.807) is 0 Å². The molecule has 2 aliphatic rings. The van der Waals surface area contributed by atoms with Crippen LogP contribution < -0.4 is 11.1 Å². The maximum Gasteiger partial charge on any atom is 0.247 e. The smallest absolute Gasteiger partial charge is 0.247 e.